The Morgan fingerprint density at radius 2 is 1.57 bits per heavy atom. The first kappa shape index (κ1) is 15.0. The van der Waals surface area contributed by atoms with Crippen LogP contribution in [0.4, 0.5) is 5.69 Å². The number of rotatable bonds is 7. The molecule has 1 unspecified atom stereocenters. The summed E-state index contributed by atoms with van der Waals surface area (Å²) in [5.74, 6) is 2.49. The first-order valence-corrected chi connectivity index (χ1v) is 6.90. The highest BCUT2D eigenvalue weighted by Crippen LogP contribution is 2.19. The fourth-order valence-corrected chi connectivity index (χ4v) is 1.92. The molecule has 0 amide bonds. The van der Waals surface area contributed by atoms with Gasteiger partial charge < -0.3 is 19.5 Å². The second kappa shape index (κ2) is 7.43. The van der Waals surface area contributed by atoms with Gasteiger partial charge in [0.05, 0.1) is 20.8 Å². The molecular formula is C17H21NO3. The summed E-state index contributed by atoms with van der Waals surface area (Å²) >= 11 is 0. The molecule has 0 saturated heterocycles. The molecule has 4 heteroatoms. The van der Waals surface area contributed by atoms with Crippen LogP contribution in [0.1, 0.15) is 6.92 Å². The average molecular weight is 287 g/mol. The Balaban J connectivity index is 1.84. The fraction of sp³-hybridized carbons (Fsp3) is 0.294. The third-order valence-electron chi connectivity index (χ3n) is 3.06. The molecule has 2 rings (SSSR count). The lowest BCUT2D eigenvalue weighted by Crippen LogP contribution is -2.22. The molecule has 0 aliphatic rings. The maximum atomic E-state index is 5.84. The molecule has 2 aromatic rings. The van der Waals surface area contributed by atoms with Crippen LogP contribution in [0.15, 0.2) is 48.5 Å². The summed E-state index contributed by atoms with van der Waals surface area (Å²) in [6, 6.07) is 15.4. The number of hydrogen-bond acceptors (Lipinski definition) is 4. The maximum Gasteiger partial charge on any atom is 0.120 e. The number of methoxy groups -OCH3 is 2. The van der Waals surface area contributed by atoms with Crippen molar-refractivity contribution < 1.29 is 14.2 Å². The van der Waals surface area contributed by atoms with Gasteiger partial charge in [-0.3, -0.25) is 0 Å². The van der Waals surface area contributed by atoms with Crippen molar-refractivity contribution in [3.63, 3.8) is 0 Å². The zero-order chi connectivity index (χ0) is 15.1. The first-order valence-electron chi connectivity index (χ1n) is 6.90. The Kier molecular flexibility index (Phi) is 5.32. The van der Waals surface area contributed by atoms with Crippen LogP contribution in [-0.4, -0.2) is 26.9 Å². The van der Waals surface area contributed by atoms with Crippen molar-refractivity contribution in [2.45, 2.75) is 13.0 Å². The number of hydrogen-bond donors (Lipinski definition) is 1. The molecule has 4 nitrogen and oxygen atoms in total. The molecule has 21 heavy (non-hydrogen) atoms. The summed E-state index contributed by atoms with van der Waals surface area (Å²) in [5.41, 5.74) is 1.01. The third kappa shape index (κ3) is 4.60. The Hall–Kier alpha value is -2.36. The van der Waals surface area contributed by atoms with E-state index >= 15 is 0 Å². The Bertz CT molecular complexity index is 554. The zero-order valence-electron chi connectivity index (χ0n) is 12.6. The van der Waals surface area contributed by atoms with E-state index in [1.807, 2.05) is 55.5 Å². The number of nitrogens with one attached hydrogen (secondary N) is 1. The summed E-state index contributed by atoms with van der Waals surface area (Å²) in [7, 11) is 3.31. The predicted octanol–water partition coefficient (Wildman–Crippen LogP) is 3.58. The van der Waals surface area contributed by atoms with Crippen LogP contribution in [0.5, 0.6) is 17.2 Å². The minimum atomic E-state index is 0.0459. The Morgan fingerprint density at radius 3 is 2.24 bits per heavy atom. The molecule has 2 aromatic carbocycles. The summed E-state index contributed by atoms with van der Waals surface area (Å²) in [6.07, 6.45) is 0.0459. The van der Waals surface area contributed by atoms with Gasteiger partial charge in [0.2, 0.25) is 0 Å². The second-order valence-electron chi connectivity index (χ2n) is 4.72. The van der Waals surface area contributed by atoms with Crippen molar-refractivity contribution in [1.29, 1.82) is 0 Å². The van der Waals surface area contributed by atoms with Crippen molar-refractivity contribution in [3.8, 4) is 17.2 Å². The second-order valence-corrected chi connectivity index (χ2v) is 4.72. The van der Waals surface area contributed by atoms with E-state index < -0.39 is 0 Å². The van der Waals surface area contributed by atoms with Gasteiger partial charge in [0.25, 0.3) is 0 Å². The smallest absolute Gasteiger partial charge is 0.120 e. The van der Waals surface area contributed by atoms with E-state index in [0.29, 0.717) is 6.54 Å². The zero-order valence-corrected chi connectivity index (χ0v) is 12.6. The van der Waals surface area contributed by atoms with Crippen molar-refractivity contribution in [2.24, 2.45) is 0 Å². The number of ether oxygens (including phenoxy) is 3. The van der Waals surface area contributed by atoms with E-state index in [0.717, 1.165) is 22.9 Å². The molecule has 0 bridgehead atoms. The largest absolute Gasteiger partial charge is 0.497 e. The minimum Gasteiger partial charge on any atom is -0.497 e. The van der Waals surface area contributed by atoms with Crippen molar-refractivity contribution in [1.82, 2.24) is 0 Å². The van der Waals surface area contributed by atoms with Gasteiger partial charge in [-0.1, -0.05) is 6.07 Å². The molecule has 0 saturated carbocycles. The molecule has 1 atom stereocenters. The molecule has 0 fully saturated rings. The van der Waals surface area contributed by atoms with Crippen LogP contribution in [0.3, 0.4) is 0 Å². The highest BCUT2D eigenvalue weighted by Gasteiger charge is 2.05. The first-order chi connectivity index (χ1) is 10.2. The highest BCUT2D eigenvalue weighted by atomic mass is 16.5. The standard InChI is InChI=1S/C17H21NO3/c1-13(21-16-9-7-15(19-2)8-10-16)12-18-14-5-4-6-17(11-14)20-3/h4-11,13,18H,12H2,1-3H3. The SMILES string of the molecule is COc1ccc(OC(C)CNc2cccc(OC)c2)cc1. The summed E-state index contributed by atoms with van der Waals surface area (Å²) < 4.78 is 16.2. The average Bonchev–Trinajstić information content (AvgIpc) is 2.54. The van der Waals surface area contributed by atoms with Gasteiger partial charge in [-0.15, -0.1) is 0 Å². The molecule has 0 aliphatic heterocycles. The van der Waals surface area contributed by atoms with Crippen LogP contribution in [0.2, 0.25) is 0 Å². The van der Waals surface area contributed by atoms with E-state index in [1.165, 1.54) is 0 Å². The van der Waals surface area contributed by atoms with Crippen LogP contribution < -0.4 is 19.5 Å². The fourth-order valence-electron chi connectivity index (χ4n) is 1.92. The minimum absolute atomic E-state index is 0.0459. The molecule has 0 radical (unpaired) electrons. The van der Waals surface area contributed by atoms with E-state index in [1.54, 1.807) is 14.2 Å². The molecule has 0 heterocycles. The lowest BCUT2D eigenvalue weighted by molar-refractivity contribution is 0.234. The van der Waals surface area contributed by atoms with Gasteiger partial charge in [0.1, 0.15) is 23.4 Å². The van der Waals surface area contributed by atoms with E-state index in [2.05, 4.69) is 5.32 Å². The monoisotopic (exact) mass is 287 g/mol. The molecule has 1 N–H and O–H groups in total. The topological polar surface area (TPSA) is 39.7 Å². The summed E-state index contributed by atoms with van der Waals surface area (Å²) in [5, 5.41) is 3.33. The van der Waals surface area contributed by atoms with Crippen LogP contribution in [0, 0.1) is 0 Å². The van der Waals surface area contributed by atoms with Gasteiger partial charge in [0, 0.05) is 11.8 Å². The third-order valence-corrected chi connectivity index (χ3v) is 3.06. The predicted molar refractivity (Wildman–Crippen MR) is 84.6 cm³/mol. The normalized spacial score (nSPS) is 11.6. The molecule has 0 aliphatic carbocycles. The molecule has 112 valence electrons. The summed E-state index contributed by atoms with van der Waals surface area (Å²) in [4.78, 5) is 0. The van der Waals surface area contributed by atoms with Crippen molar-refractivity contribution in [2.75, 3.05) is 26.1 Å². The van der Waals surface area contributed by atoms with Crippen LogP contribution in [-0.2, 0) is 0 Å². The van der Waals surface area contributed by atoms with Crippen LogP contribution >= 0.6 is 0 Å². The van der Waals surface area contributed by atoms with Gasteiger partial charge >= 0.3 is 0 Å². The lowest BCUT2D eigenvalue weighted by atomic mass is 10.3. The number of benzene rings is 2. The van der Waals surface area contributed by atoms with Gasteiger partial charge in [-0.25, -0.2) is 0 Å². The Morgan fingerprint density at radius 1 is 0.905 bits per heavy atom. The Labute approximate surface area is 125 Å². The van der Waals surface area contributed by atoms with Gasteiger partial charge in [-0.05, 0) is 43.3 Å². The van der Waals surface area contributed by atoms with Crippen molar-refractivity contribution in [3.05, 3.63) is 48.5 Å². The molecule has 0 spiro atoms. The van der Waals surface area contributed by atoms with E-state index in [4.69, 9.17) is 14.2 Å². The van der Waals surface area contributed by atoms with Crippen LogP contribution in [0.25, 0.3) is 0 Å². The molecule has 0 aromatic heterocycles. The van der Waals surface area contributed by atoms with Gasteiger partial charge in [-0.2, -0.15) is 0 Å². The lowest BCUT2D eigenvalue weighted by Gasteiger charge is -2.16. The summed E-state index contributed by atoms with van der Waals surface area (Å²) in [6.45, 7) is 2.73. The van der Waals surface area contributed by atoms with Crippen molar-refractivity contribution >= 4 is 5.69 Å². The molecular weight excluding hydrogens is 266 g/mol. The van der Waals surface area contributed by atoms with E-state index in [-0.39, 0.29) is 6.10 Å². The number of anilines is 1. The maximum absolute atomic E-state index is 5.84. The van der Waals surface area contributed by atoms with Gasteiger partial charge in [0.15, 0.2) is 0 Å². The quantitative estimate of drug-likeness (QED) is 0.845. The van der Waals surface area contributed by atoms with E-state index in [9.17, 15) is 0 Å². The highest BCUT2D eigenvalue weighted by molar-refractivity contribution is 5.48.